The maximum atomic E-state index is 13.4. The Balaban J connectivity index is 1.53. The molecule has 0 unspecified atom stereocenters. The number of fused-ring (bicyclic) bond motifs is 1. The minimum Gasteiger partial charge on any atom is -0.482 e. The highest BCUT2D eigenvalue weighted by molar-refractivity contribution is 5.95. The number of nitro groups is 1. The van der Waals surface area contributed by atoms with Crippen LogP contribution in [0.3, 0.4) is 0 Å². The van der Waals surface area contributed by atoms with Crippen LogP contribution in [0.25, 0.3) is 10.8 Å². The molecule has 0 heterocycles. The maximum absolute atomic E-state index is 13.4. The van der Waals surface area contributed by atoms with Gasteiger partial charge in [0.05, 0.1) is 4.92 Å². The summed E-state index contributed by atoms with van der Waals surface area (Å²) in [5.41, 5.74) is -0.773. The van der Waals surface area contributed by atoms with Crippen molar-refractivity contribution in [1.29, 1.82) is 0 Å². The summed E-state index contributed by atoms with van der Waals surface area (Å²) in [6.45, 7) is 0.930. The van der Waals surface area contributed by atoms with E-state index in [1.54, 1.807) is 12.1 Å². The number of esters is 1. The molecule has 0 aliphatic rings. The van der Waals surface area contributed by atoms with Crippen LogP contribution < -0.4 is 10.1 Å². The molecule has 1 atom stereocenters. The number of benzene rings is 3. The number of nitro benzene ring substituents is 1. The molecule has 0 radical (unpaired) electrons. The normalized spacial score (nSPS) is 11.5. The molecule has 0 spiro atoms. The number of rotatable bonds is 7. The SMILES string of the molecule is C[C@@H](OC(=O)COc1ccc2ccccc2c1)C(=O)Nc1ccc(F)c([N+](=O)[O-])c1. The Morgan fingerprint density at radius 1 is 1.10 bits per heavy atom. The zero-order chi connectivity index (χ0) is 21.7. The first-order chi connectivity index (χ1) is 14.3. The Morgan fingerprint density at radius 3 is 2.57 bits per heavy atom. The second-order valence-electron chi connectivity index (χ2n) is 6.34. The van der Waals surface area contributed by atoms with E-state index in [1.165, 1.54) is 6.92 Å². The van der Waals surface area contributed by atoms with Gasteiger partial charge in [-0.1, -0.05) is 30.3 Å². The molecule has 0 aromatic heterocycles. The molecule has 3 aromatic carbocycles. The molecule has 154 valence electrons. The van der Waals surface area contributed by atoms with E-state index >= 15 is 0 Å². The average molecular weight is 412 g/mol. The third kappa shape index (κ3) is 5.07. The number of hydrogen-bond donors (Lipinski definition) is 1. The fourth-order valence-electron chi connectivity index (χ4n) is 2.66. The molecule has 8 nitrogen and oxygen atoms in total. The van der Waals surface area contributed by atoms with Crippen molar-refractivity contribution < 1.29 is 28.4 Å². The van der Waals surface area contributed by atoms with Gasteiger partial charge in [-0.25, -0.2) is 4.79 Å². The molecule has 0 aliphatic heterocycles. The van der Waals surface area contributed by atoms with Gasteiger partial charge in [-0.15, -0.1) is 0 Å². The summed E-state index contributed by atoms with van der Waals surface area (Å²) in [5, 5.41) is 15.1. The largest absolute Gasteiger partial charge is 0.482 e. The molecule has 1 N–H and O–H groups in total. The number of carbonyl (C=O) groups excluding carboxylic acids is 2. The lowest BCUT2D eigenvalue weighted by Crippen LogP contribution is -2.31. The van der Waals surface area contributed by atoms with Gasteiger partial charge in [-0.3, -0.25) is 14.9 Å². The smallest absolute Gasteiger partial charge is 0.344 e. The minimum atomic E-state index is -1.19. The Bertz CT molecular complexity index is 1120. The zero-order valence-corrected chi connectivity index (χ0v) is 15.8. The standard InChI is InChI=1S/C21H17FN2O6/c1-13(21(26)23-16-7-9-18(22)19(11-16)24(27)28)30-20(25)12-29-17-8-6-14-4-2-3-5-15(14)10-17/h2-11,13H,12H2,1H3,(H,23,26)/t13-/m1/s1. The van der Waals surface area contributed by atoms with Crippen molar-refractivity contribution in [2.45, 2.75) is 13.0 Å². The quantitative estimate of drug-likeness (QED) is 0.359. The highest BCUT2D eigenvalue weighted by Crippen LogP contribution is 2.22. The number of amides is 1. The number of hydrogen-bond acceptors (Lipinski definition) is 6. The molecule has 3 aromatic rings. The predicted octanol–water partition coefficient (Wildman–Crippen LogP) is 3.84. The Labute approximate surface area is 170 Å². The monoisotopic (exact) mass is 412 g/mol. The summed E-state index contributed by atoms with van der Waals surface area (Å²) < 4.78 is 23.8. The predicted molar refractivity (Wildman–Crippen MR) is 107 cm³/mol. The third-order valence-corrected chi connectivity index (χ3v) is 4.17. The first kappa shape index (κ1) is 20.7. The van der Waals surface area contributed by atoms with E-state index in [0.717, 1.165) is 29.0 Å². The fraction of sp³-hybridized carbons (Fsp3) is 0.143. The molecular weight excluding hydrogens is 395 g/mol. The molecule has 0 saturated heterocycles. The summed E-state index contributed by atoms with van der Waals surface area (Å²) in [4.78, 5) is 34.0. The van der Waals surface area contributed by atoms with Crippen molar-refractivity contribution in [1.82, 2.24) is 0 Å². The van der Waals surface area contributed by atoms with E-state index in [9.17, 15) is 24.1 Å². The molecule has 0 aliphatic carbocycles. The lowest BCUT2D eigenvalue weighted by Gasteiger charge is -2.14. The Morgan fingerprint density at radius 2 is 1.83 bits per heavy atom. The lowest BCUT2D eigenvalue weighted by atomic mass is 10.1. The molecule has 3 rings (SSSR count). The van der Waals surface area contributed by atoms with Crippen molar-refractivity contribution in [3.63, 3.8) is 0 Å². The van der Waals surface area contributed by atoms with Crippen LogP contribution in [0.2, 0.25) is 0 Å². The van der Waals surface area contributed by atoms with Gasteiger partial charge in [-0.05, 0) is 42.0 Å². The summed E-state index contributed by atoms with van der Waals surface area (Å²) in [7, 11) is 0. The van der Waals surface area contributed by atoms with Crippen molar-refractivity contribution in [2.24, 2.45) is 0 Å². The van der Waals surface area contributed by atoms with E-state index in [1.807, 2.05) is 30.3 Å². The number of ether oxygens (including phenoxy) is 2. The van der Waals surface area contributed by atoms with Crippen molar-refractivity contribution in [3.05, 3.63) is 76.6 Å². The number of anilines is 1. The number of nitrogens with zero attached hydrogens (tertiary/aromatic N) is 1. The number of halogens is 1. The van der Waals surface area contributed by atoms with E-state index in [4.69, 9.17) is 9.47 Å². The fourth-order valence-corrected chi connectivity index (χ4v) is 2.66. The van der Waals surface area contributed by atoms with Crippen LogP contribution in [0.5, 0.6) is 5.75 Å². The van der Waals surface area contributed by atoms with E-state index in [2.05, 4.69) is 5.32 Å². The number of nitrogens with one attached hydrogen (secondary N) is 1. The second kappa shape index (κ2) is 8.99. The van der Waals surface area contributed by atoms with Crippen LogP contribution in [-0.4, -0.2) is 29.5 Å². The van der Waals surface area contributed by atoms with E-state index in [0.29, 0.717) is 5.75 Å². The molecule has 0 bridgehead atoms. The summed E-state index contributed by atoms with van der Waals surface area (Å²) in [5.74, 6) is -2.05. The molecule has 9 heteroatoms. The van der Waals surface area contributed by atoms with Crippen LogP contribution in [0, 0.1) is 15.9 Å². The van der Waals surface area contributed by atoms with Gasteiger partial charge in [0.2, 0.25) is 5.82 Å². The van der Waals surface area contributed by atoms with Crippen LogP contribution >= 0.6 is 0 Å². The lowest BCUT2D eigenvalue weighted by molar-refractivity contribution is -0.387. The maximum Gasteiger partial charge on any atom is 0.344 e. The third-order valence-electron chi connectivity index (χ3n) is 4.17. The first-order valence-electron chi connectivity index (χ1n) is 8.89. The van der Waals surface area contributed by atoms with Crippen molar-refractivity contribution >= 4 is 34.0 Å². The van der Waals surface area contributed by atoms with Gasteiger partial charge in [0, 0.05) is 11.8 Å². The van der Waals surface area contributed by atoms with Gasteiger partial charge < -0.3 is 14.8 Å². The van der Waals surface area contributed by atoms with Gasteiger partial charge in [0.15, 0.2) is 12.7 Å². The second-order valence-corrected chi connectivity index (χ2v) is 6.34. The highest BCUT2D eigenvalue weighted by atomic mass is 19.1. The van der Waals surface area contributed by atoms with Crippen LogP contribution in [0.15, 0.2) is 60.7 Å². The summed E-state index contributed by atoms with van der Waals surface area (Å²) in [6.07, 6.45) is -1.19. The van der Waals surface area contributed by atoms with Gasteiger partial charge >= 0.3 is 11.7 Å². The van der Waals surface area contributed by atoms with Crippen LogP contribution in [-0.2, 0) is 14.3 Å². The van der Waals surface area contributed by atoms with Gasteiger partial charge in [-0.2, -0.15) is 4.39 Å². The minimum absolute atomic E-state index is 0.00316. The molecule has 1 amide bonds. The summed E-state index contributed by atoms with van der Waals surface area (Å²) >= 11 is 0. The molecule has 30 heavy (non-hydrogen) atoms. The van der Waals surface area contributed by atoms with Gasteiger partial charge in [0.25, 0.3) is 5.91 Å². The van der Waals surface area contributed by atoms with Crippen LogP contribution in [0.1, 0.15) is 6.92 Å². The van der Waals surface area contributed by atoms with Gasteiger partial charge in [0.1, 0.15) is 5.75 Å². The highest BCUT2D eigenvalue weighted by Gasteiger charge is 2.20. The first-order valence-corrected chi connectivity index (χ1v) is 8.89. The number of carbonyl (C=O) groups is 2. The van der Waals surface area contributed by atoms with Crippen LogP contribution in [0.4, 0.5) is 15.8 Å². The summed E-state index contributed by atoms with van der Waals surface area (Å²) in [6, 6.07) is 15.9. The Kier molecular flexibility index (Phi) is 6.21. The average Bonchev–Trinajstić information content (AvgIpc) is 2.73. The zero-order valence-electron chi connectivity index (χ0n) is 15.8. The Hall–Kier alpha value is -4.01. The molecule has 0 fully saturated rings. The van der Waals surface area contributed by atoms with E-state index < -0.39 is 41.0 Å². The molecule has 0 saturated carbocycles. The van der Waals surface area contributed by atoms with Crippen molar-refractivity contribution in [2.75, 3.05) is 11.9 Å². The topological polar surface area (TPSA) is 108 Å². The van der Waals surface area contributed by atoms with E-state index in [-0.39, 0.29) is 5.69 Å². The van der Waals surface area contributed by atoms with Crippen molar-refractivity contribution in [3.8, 4) is 5.75 Å². The molecular formula is C21H17FN2O6.